The van der Waals surface area contributed by atoms with Crippen molar-refractivity contribution in [3.8, 4) is 0 Å². The average molecular weight is 330 g/mol. The van der Waals surface area contributed by atoms with E-state index in [4.69, 9.17) is 5.73 Å². The first-order chi connectivity index (χ1) is 11.6. The third-order valence-corrected chi connectivity index (χ3v) is 5.44. The van der Waals surface area contributed by atoms with Crippen molar-refractivity contribution in [1.82, 2.24) is 0 Å². The fourth-order valence-corrected chi connectivity index (χ4v) is 3.91. The second-order valence-electron chi connectivity index (χ2n) is 7.23. The first-order valence-electron chi connectivity index (χ1n) is 8.79. The summed E-state index contributed by atoms with van der Waals surface area (Å²) < 4.78 is 14.8. The van der Waals surface area contributed by atoms with Crippen LogP contribution in [0, 0.1) is 5.82 Å². The van der Waals surface area contributed by atoms with Crippen LogP contribution in [0.4, 0.5) is 10.1 Å². The minimum Gasteiger partial charge on any atom is -0.396 e. The van der Waals surface area contributed by atoms with Crippen LogP contribution in [0.2, 0.25) is 0 Å². The lowest BCUT2D eigenvalue weighted by Crippen LogP contribution is -2.39. The molecule has 1 aromatic carbocycles. The third kappa shape index (κ3) is 2.66. The second kappa shape index (κ2) is 5.97. The minimum atomic E-state index is -0.306. The Bertz CT molecular complexity index is 712. The van der Waals surface area contributed by atoms with E-state index in [1.807, 2.05) is 17.0 Å². The monoisotopic (exact) mass is 330 g/mol. The van der Waals surface area contributed by atoms with Gasteiger partial charge in [-0.25, -0.2) is 4.39 Å². The number of aliphatic hydroxyl groups excluding tert-OH is 1. The van der Waals surface area contributed by atoms with Gasteiger partial charge >= 0.3 is 0 Å². The van der Waals surface area contributed by atoms with Crippen molar-refractivity contribution in [3.63, 3.8) is 0 Å². The number of anilines is 1. The largest absolute Gasteiger partial charge is 0.396 e. The number of aliphatic hydroxyl groups is 1. The maximum atomic E-state index is 14.8. The number of benzene rings is 1. The van der Waals surface area contributed by atoms with Gasteiger partial charge in [0.1, 0.15) is 5.82 Å². The molecule has 1 amide bonds. The Morgan fingerprint density at radius 1 is 1.29 bits per heavy atom. The maximum Gasteiger partial charge on any atom is 0.227 e. The predicted octanol–water partition coefficient (Wildman–Crippen LogP) is 2.70. The smallest absolute Gasteiger partial charge is 0.227 e. The lowest BCUT2D eigenvalue weighted by Gasteiger charge is -2.34. The van der Waals surface area contributed by atoms with Gasteiger partial charge in [-0.05, 0) is 55.4 Å². The zero-order valence-corrected chi connectivity index (χ0v) is 13.7. The highest BCUT2D eigenvalue weighted by atomic mass is 19.1. The molecule has 0 radical (unpaired) electrons. The number of fused-ring (bicyclic) bond motifs is 1. The van der Waals surface area contributed by atoms with E-state index in [2.05, 4.69) is 0 Å². The lowest BCUT2D eigenvalue weighted by atomic mass is 9.85. The highest BCUT2D eigenvalue weighted by molar-refractivity contribution is 5.98. The number of allylic oxidation sites excluding steroid dienone is 1. The molecule has 128 valence electrons. The number of rotatable bonds is 3. The van der Waals surface area contributed by atoms with Gasteiger partial charge in [-0.1, -0.05) is 6.08 Å². The second-order valence-corrected chi connectivity index (χ2v) is 7.23. The summed E-state index contributed by atoms with van der Waals surface area (Å²) in [5.74, 6) is -0.528. The summed E-state index contributed by atoms with van der Waals surface area (Å²) in [5, 5.41) is 9.62. The van der Waals surface area contributed by atoms with E-state index in [9.17, 15) is 14.3 Å². The van der Waals surface area contributed by atoms with Crippen molar-refractivity contribution in [2.75, 3.05) is 11.5 Å². The molecule has 2 atom stereocenters. The Kier molecular flexibility index (Phi) is 3.93. The summed E-state index contributed by atoms with van der Waals surface area (Å²) in [4.78, 5) is 14.3. The molecule has 1 aliphatic heterocycles. The van der Waals surface area contributed by atoms with E-state index in [1.54, 1.807) is 0 Å². The van der Waals surface area contributed by atoms with Crippen LogP contribution < -0.4 is 10.6 Å². The summed E-state index contributed by atoms with van der Waals surface area (Å²) >= 11 is 0. The SMILES string of the molecule is NC1CC=C(c2cc3c(cc2F)[C@@H](CO)CC(=O)N3C2CC2)CC1. The molecular formula is C19H23FN2O2. The first-order valence-corrected chi connectivity index (χ1v) is 8.79. The van der Waals surface area contributed by atoms with Gasteiger partial charge in [0.05, 0.1) is 6.61 Å². The quantitative estimate of drug-likeness (QED) is 0.895. The molecule has 1 aromatic rings. The molecule has 4 nitrogen and oxygen atoms in total. The van der Waals surface area contributed by atoms with Crippen LogP contribution in [0.15, 0.2) is 18.2 Å². The van der Waals surface area contributed by atoms with Crippen LogP contribution in [0.5, 0.6) is 0 Å². The van der Waals surface area contributed by atoms with Gasteiger partial charge in [-0.2, -0.15) is 0 Å². The number of hydrogen-bond donors (Lipinski definition) is 2. The van der Waals surface area contributed by atoms with E-state index in [-0.39, 0.29) is 42.8 Å². The Labute approximate surface area is 141 Å². The molecule has 1 heterocycles. The van der Waals surface area contributed by atoms with Crippen LogP contribution in [0.3, 0.4) is 0 Å². The van der Waals surface area contributed by atoms with Crippen molar-refractivity contribution >= 4 is 17.2 Å². The predicted molar refractivity (Wildman–Crippen MR) is 91.2 cm³/mol. The summed E-state index contributed by atoms with van der Waals surface area (Å²) in [6, 6.07) is 3.74. The van der Waals surface area contributed by atoms with E-state index in [0.29, 0.717) is 5.56 Å². The molecule has 3 N–H and O–H groups in total. The summed E-state index contributed by atoms with van der Waals surface area (Å²) in [5.41, 5.74) is 9.04. The zero-order chi connectivity index (χ0) is 16.8. The van der Waals surface area contributed by atoms with Gasteiger partial charge in [0.25, 0.3) is 0 Å². The van der Waals surface area contributed by atoms with Crippen LogP contribution in [0.25, 0.3) is 5.57 Å². The molecule has 3 aliphatic rings. The molecule has 1 saturated carbocycles. The molecule has 1 unspecified atom stereocenters. The Hall–Kier alpha value is -1.72. The molecule has 4 rings (SSSR count). The van der Waals surface area contributed by atoms with Gasteiger partial charge in [0.15, 0.2) is 0 Å². The van der Waals surface area contributed by atoms with Crippen molar-refractivity contribution in [3.05, 3.63) is 35.2 Å². The standard InChI is InChI=1S/C19H23FN2O2/c20-17-8-16-12(10-23)7-19(24)22(14-5-6-14)18(16)9-15(17)11-1-3-13(21)4-2-11/h1,8-9,12-14,23H,2-7,10,21H2/t12-,13?/m1/s1. The fraction of sp³-hybridized carbons (Fsp3) is 0.526. The molecule has 0 aromatic heterocycles. The number of nitrogens with two attached hydrogens (primary N) is 1. The molecule has 24 heavy (non-hydrogen) atoms. The van der Waals surface area contributed by atoms with Gasteiger partial charge in [0, 0.05) is 35.7 Å². The number of halogens is 1. The fourth-order valence-electron chi connectivity index (χ4n) is 3.91. The summed E-state index contributed by atoms with van der Waals surface area (Å²) in [6.45, 7) is -0.131. The maximum absolute atomic E-state index is 14.8. The molecule has 2 aliphatic carbocycles. The zero-order valence-electron chi connectivity index (χ0n) is 13.7. The van der Waals surface area contributed by atoms with Gasteiger partial charge in [-0.15, -0.1) is 0 Å². The van der Waals surface area contributed by atoms with Gasteiger partial charge in [0.2, 0.25) is 5.91 Å². The van der Waals surface area contributed by atoms with Crippen molar-refractivity contribution in [2.24, 2.45) is 5.73 Å². The van der Waals surface area contributed by atoms with Crippen LogP contribution >= 0.6 is 0 Å². The Morgan fingerprint density at radius 2 is 2.08 bits per heavy atom. The minimum absolute atomic E-state index is 0.0428. The van der Waals surface area contributed by atoms with Crippen molar-refractivity contribution in [1.29, 1.82) is 0 Å². The van der Waals surface area contributed by atoms with Gasteiger partial charge in [-0.3, -0.25) is 4.79 Å². The van der Waals surface area contributed by atoms with E-state index >= 15 is 0 Å². The number of carbonyl (C=O) groups excluding carboxylic acids is 1. The number of nitrogens with zero attached hydrogens (tertiary/aromatic N) is 1. The van der Waals surface area contributed by atoms with Crippen LogP contribution in [-0.4, -0.2) is 29.7 Å². The number of amides is 1. The molecular weight excluding hydrogens is 307 g/mol. The highest BCUT2D eigenvalue weighted by Gasteiger charge is 2.40. The lowest BCUT2D eigenvalue weighted by molar-refractivity contribution is -0.119. The molecule has 0 saturated heterocycles. The molecule has 5 heteroatoms. The van der Waals surface area contributed by atoms with Gasteiger partial charge < -0.3 is 15.7 Å². The molecule has 0 spiro atoms. The first kappa shape index (κ1) is 15.8. The van der Waals surface area contributed by atoms with Crippen LogP contribution in [0.1, 0.15) is 55.6 Å². The molecule has 1 fully saturated rings. The normalized spacial score (nSPS) is 27.0. The summed E-state index contributed by atoms with van der Waals surface area (Å²) in [6.07, 6.45) is 6.66. The number of carbonyl (C=O) groups is 1. The van der Waals surface area contributed by atoms with E-state index in [1.165, 1.54) is 6.07 Å². The van der Waals surface area contributed by atoms with Crippen LogP contribution in [-0.2, 0) is 4.79 Å². The van der Waals surface area contributed by atoms with Crippen molar-refractivity contribution in [2.45, 2.75) is 56.5 Å². The van der Waals surface area contributed by atoms with E-state index in [0.717, 1.165) is 48.9 Å². The molecule has 0 bridgehead atoms. The average Bonchev–Trinajstić information content (AvgIpc) is 3.39. The summed E-state index contributed by atoms with van der Waals surface area (Å²) in [7, 11) is 0. The highest BCUT2D eigenvalue weighted by Crippen LogP contribution is 2.44. The van der Waals surface area contributed by atoms with E-state index < -0.39 is 0 Å². The third-order valence-electron chi connectivity index (χ3n) is 5.44. The Balaban J connectivity index is 1.80. The van der Waals surface area contributed by atoms with Crippen molar-refractivity contribution < 1.29 is 14.3 Å². The number of hydrogen-bond acceptors (Lipinski definition) is 3. The topological polar surface area (TPSA) is 66.6 Å². The Morgan fingerprint density at radius 3 is 2.71 bits per heavy atom.